The molecule has 2 amide bonds. The molecule has 0 aromatic heterocycles. The van der Waals surface area contributed by atoms with E-state index in [4.69, 9.17) is 15.2 Å². The Bertz CT molecular complexity index is 763. The second-order valence-electron chi connectivity index (χ2n) is 6.20. The number of primary amides is 1. The van der Waals surface area contributed by atoms with Crippen LogP contribution in [0.3, 0.4) is 0 Å². The van der Waals surface area contributed by atoms with Gasteiger partial charge < -0.3 is 20.5 Å². The molecule has 1 atom stereocenters. The maximum Gasteiger partial charge on any atom is 0.407 e. The van der Waals surface area contributed by atoms with Gasteiger partial charge in [-0.1, -0.05) is 26.0 Å². The number of nitro groups is 1. The number of Topliss-reactive ketones (excluding diaryl/α,β-unsaturated/α-hetero) is 1. The SMILES string of the molecule is CC(C)COC(=O)N[C@@H](CC(N)=O)C(=O)OCC(=O)c1cccc([N+](=O)[O-])c1. The lowest BCUT2D eigenvalue weighted by atomic mass is 10.1. The van der Waals surface area contributed by atoms with Gasteiger partial charge in [0, 0.05) is 17.7 Å². The highest BCUT2D eigenvalue weighted by molar-refractivity contribution is 5.99. The van der Waals surface area contributed by atoms with Gasteiger partial charge in [-0.3, -0.25) is 19.7 Å². The Morgan fingerprint density at radius 3 is 2.46 bits per heavy atom. The highest BCUT2D eigenvalue weighted by atomic mass is 16.6. The van der Waals surface area contributed by atoms with E-state index in [0.29, 0.717) is 0 Å². The van der Waals surface area contributed by atoms with Crippen LogP contribution in [0.25, 0.3) is 0 Å². The van der Waals surface area contributed by atoms with Crippen LogP contribution in [-0.2, 0) is 19.1 Å². The van der Waals surface area contributed by atoms with Gasteiger partial charge >= 0.3 is 12.1 Å². The number of nitrogens with one attached hydrogen (secondary N) is 1. The van der Waals surface area contributed by atoms with Crippen molar-refractivity contribution >= 4 is 29.4 Å². The number of non-ortho nitro benzene ring substituents is 1. The molecular formula is C17H21N3O8. The molecule has 11 heteroatoms. The predicted octanol–water partition coefficient (Wildman–Crippen LogP) is 0.947. The molecule has 0 radical (unpaired) electrons. The third-order valence-corrected chi connectivity index (χ3v) is 3.25. The van der Waals surface area contributed by atoms with Crippen molar-refractivity contribution in [2.75, 3.05) is 13.2 Å². The van der Waals surface area contributed by atoms with E-state index in [1.807, 2.05) is 13.8 Å². The first-order valence-corrected chi connectivity index (χ1v) is 8.26. The Balaban J connectivity index is 2.70. The summed E-state index contributed by atoms with van der Waals surface area (Å²) < 4.78 is 9.67. The van der Waals surface area contributed by atoms with Crippen LogP contribution < -0.4 is 11.1 Å². The Labute approximate surface area is 160 Å². The van der Waals surface area contributed by atoms with E-state index in [2.05, 4.69) is 5.32 Å². The van der Waals surface area contributed by atoms with Crippen LogP contribution in [0.5, 0.6) is 0 Å². The molecule has 0 saturated heterocycles. The standard InChI is InChI=1S/C17H21N3O8/c1-10(2)8-28-17(24)19-13(7-15(18)22)16(23)27-9-14(21)11-4-3-5-12(6-11)20(25)26/h3-6,10,13H,7-9H2,1-2H3,(H2,18,22)(H,19,24)/t13-/m0/s1. The first kappa shape index (κ1) is 22.5. The molecule has 0 saturated carbocycles. The summed E-state index contributed by atoms with van der Waals surface area (Å²) in [6.07, 6.45) is -1.50. The zero-order valence-electron chi connectivity index (χ0n) is 15.4. The van der Waals surface area contributed by atoms with Crippen molar-refractivity contribution in [3.8, 4) is 0 Å². The summed E-state index contributed by atoms with van der Waals surface area (Å²) in [5, 5.41) is 12.9. The molecule has 0 heterocycles. The lowest BCUT2D eigenvalue weighted by Crippen LogP contribution is -2.45. The van der Waals surface area contributed by atoms with Crippen LogP contribution in [0.15, 0.2) is 24.3 Å². The van der Waals surface area contributed by atoms with Crippen molar-refractivity contribution in [2.45, 2.75) is 26.3 Å². The maximum absolute atomic E-state index is 12.1. The van der Waals surface area contributed by atoms with Gasteiger partial charge in [-0.2, -0.15) is 0 Å². The molecule has 1 rings (SSSR count). The Morgan fingerprint density at radius 2 is 1.89 bits per heavy atom. The van der Waals surface area contributed by atoms with Crippen LogP contribution in [0.2, 0.25) is 0 Å². The van der Waals surface area contributed by atoms with Gasteiger partial charge in [0.2, 0.25) is 11.7 Å². The molecule has 1 aromatic rings. The second kappa shape index (κ2) is 10.6. The summed E-state index contributed by atoms with van der Waals surface area (Å²) >= 11 is 0. The van der Waals surface area contributed by atoms with Crippen molar-refractivity contribution < 1.29 is 33.6 Å². The zero-order valence-corrected chi connectivity index (χ0v) is 15.4. The number of carbonyl (C=O) groups is 4. The minimum atomic E-state index is -1.44. The molecule has 28 heavy (non-hydrogen) atoms. The van der Waals surface area contributed by atoms with E-state index in [9.17, 15) is 29.3 Å². The first-order chi connectivity index (χ1) is 13.1. The fraction of sp³-hybridized carbons (Fsp3) is 0.412. The highest BCUT2D eigenvalue weighted by Crippen LogP contribution is 2.13. The van der Waals surface area contributed by atoms with Crippen LogP contribution in [0, 0.1) is 16.0 Å². The molecule has 3 N–H and O–H groups in total. The number of rotatable bonds is 10. The molecule has 0 aliphatic heterocycles. The summed E-state index contributed by atoms with van der Waals surface area (Å²) in [4.78, 5) is 57.0. The molecule has 1 aromatic carbocycles. The number of ketones is 1. The lowest BCUT2D eigenvalue weighted by Gasteiger charge is -2.16. The number of ether oxygens (including phenoxy) is 2. The number of benzene rings is 1. The topological polar surface area (TPSA) is 168 Å². The minimum Gasteiger partial charge on any atom is -0.456 e. The van der Waals surface area contributed by atoms with Gasteiger partial charge in [-0.05, 0) is 5.92 Å². The summed E-state index contributed by atoms with van der Waals surface area (Å²) in [5.74, 6) is -2.59. The summed E-state index contributed by atoms with van der Waals surface area (Å²) in [6, 6.07) is 3.45. The third kappa shape index (κ3) is 7.81. The smallest absolute Gasteiger partial charge is 0.407 e. The van der Waals surface area contributed by atoms with Gasteiger partial charge in [-0.25, -0.2) is 9.59 Å². The molecule has 0 aliphatic rings. The number of alkyl carbamates (subject to hydrolysis) is 1. The molecule has 0 spiro atoms. The molecular weight excluding hydrogens is 374 g/mol. The van der Waals surface area contributed by atoms with E-state index in [1.165, 1.54) is 18.2 Å². The molecule has 0 fully saturated rings. The van der Waals surface area contributed by atoms with Crippen LogP contribution in [0.1, 0.15) is 30.6 Å². The van der Waals surface area contributed by atoms with Gasteiger partial charge in [0.05, 0.1) is 18.0 Å². The van der Waals surface area contributed by atoms with E-state index in [0.717, 1.165) is 6.07 Å². The highest BCUT2D eigenvalue weighted by Gasteiger charge is 2.26. The number of nitrogens with zero attached hydrogens (tertiary/aromatic N) is 1. The van der Waals surface area contributed by atoms with E-state index < -0.39 is 47.7 Å². The quantitative estimate of drug-likeness (QED) is 0.255. The van der Waals surface area contributed by atoms with Crippen molar-refractivity contribution in [1.29, 1.82) is 0 Å². The van der Waals surface area contributed by atoms with E-state index >= 15 is 0 Å². The summed E-state index contributed by atoms with van der Waals surface area (Å²) in [5.41, 5.74) is 4.73. The fourth-order valence-electron chi connectivity index (χ4n) is 1.93. The Morgan fingerprint density at radius 1 is 1.21 bits per heavy atom. The molecule has 11 nitrogen and oxygen atoms in total. The van der Waals surface area contributed by atoms with Gasteiger partial charge in [-0.15, -0.1) is 0 Å². The summed E-state index contributed by atoms with van der Waals surface area (Å²) in [7, 11) is 0. The van der Waals surface area contributed by atoms with Gasteiger partial charge in [0.15, 0.2) is 6.61 Å². The molecule has 0 aliphatic carbocycles. The average Bonchev–Trinajstić information content (AvgIpc) is 2.63. The predicted molar refractivity (Wildman–Crippen MR) is 95.3 cm³/mol. The number of nitrogens with two attached hydrogens (primary N) is 1. The largest absolute Gasteiger partial charge is 0.456 e. The summed E-state index contributed by atoms with van der Waals surface area (Å²) in [6.45, 7) is 2.97. The minimum absolute atomic E-state index is 0.0299. The van der Waals surface area contributed by atoms with Gasteiger partial charge in [0.25, 0.3) is 5.69 Å². The Hall–Kier alpha value is -3.50. The number of nitro benzene ring substituents is 1. The third-order valence-electron chi connectivity index (χ3n) is 3.25. The van der Waals surface area contributed by atoms with E-state index in [-0.39, 0.29) is 23.8 Å². The second-order valence-corrected chi connectivity index (χ2v) is 6.20. The number of hydrogen-bond acceptors (Lipinski definition) is 8. The molecule has 0 unspecified atom stereocenters. The maximum atomic E-state index is 12.1. The van der Waals surface area contributed by atoms with Crippen LogP contribution in [-0.4, -0.2) is 47.9 Å². The monoisotopic (exact) mass is 395 g/mol. The van der Waals surface area contributed by atoms with Crippen LogP contribution in [0.4, 0.5) is 10.5 Å². The number of hydrogen-bond donors (Lipinski definition) is 2. The number of carbonyl (C=O) groups excluding carboxylic acids is 4. The van der Waals surface area contributed by atoms with Crippen molar-refractivity contribution in [1.82, 2.24) is 5.32 Å². The first-order valence-electron chi connectivity index (χ1n) is 8.26. The fourth-order valence-corrected chi connectivity index (χ4v) is 1.93. The number of amides is 2. The van der Waals surface area contributed by atoms with Gasteiger partial charge in [0.1, 0.15) is 6.04 Å². The van der Waals surface area contributed by atoms with Crippen LogP contribution >= 0.6 is 0 Å². The Kier molecular flexibility index (Phi) is 8.53. The van der Waals surface area contributed by atoms with Crippen molar-refractivity contribution in [2.24, 2.45) is 11.7 Å². The van der Waals surface area contributed by atoms with Crippen molar-refractivity contribution in [3.63, 3.8) is 0 Å². The van der Waals surface area contributed by atoms with Crippen molar-refractivity contribution in [3.05, 3.63) is 39.9 Å². The lowest BCUT2D eigenvalue weighted by molar-refractivity contribution is -0.384. The molecule has 152 valence electrons. The van der Waals surface area contributed by atoms with E-state index in [1.54, 1.807) is 0 Å². The molecule has 0 bridgehead atoms. The zero-order chi connectivity index (χ0) is 21.3. The number of esters is 1. The average molecular weight is 395 g/mol. The normalized spacial score (nSPS) is 11.4.